The number of para-hydroxylation sites is 1. The number of aromatic nitrogens is 1. The normalized spacial score (nSPS) is 14.3. The van der Waals surface area contributed by atoms with Crippen molar-refractivity contribution in [3.63, 3.8) is 0 Å². The lowest BCUT2D eigenvalue weighted by Crippen LogP contribution is -2.19. The molecule has 0 atom stereocenters. The van der Waals surface area contributed by atoms with E-state index in [1.54, 1.807) is 18.2 Å². The van der Waals surface area contributed by atoms with E-state index in [0.29, 0.717) is 23.7 Å². The monoisotopic (exact) mass is 454 g/mol. The van der Waals surface area contributed by atoms with Crippen LogP contribution in [0, 0.1) is 6.92 Å². The highest BCUT2D eigenvalue weighted by Crippen LogP contribution is 2.30. The maximum Gasteiger partial charge on any atom is 0.229 e. The van der Waals surface area contributed by atoms with E-state index in [0.717, 1.165) is 37.3 Å². The topological polar surface area (TPSA) is 78.7 Å². The first-order valence-corrected chi connectivity index (χ1v) is 12.7. The van der Waals surface area contributed by atoms with Crippen LogP contribution in [0.2, 0.25) is 0 Å². The Hall–Kier alpha value is -2.84. The van der Waals surface area contributed by atoms with Gasteiger partial charge in [-0.15, -0.1) is 0 Å². The quantitative estimate of drug-likeness (QED) is 0.548. The number of anilines is 2. The second-order valence-corrected chi connectivity index (χ2v) is 10.2. The number of nitrogens with zero attached hydrogens (tertiary/aromatic N) is 3. The molecule has 1 aromatic heterocycles. The van der Waals surface area contributed by atoms with Crippen molar-refractivity contribution >= 4 is 21.4 Å². The number of aryl methyl sites for hydroxylation is 1. The van der Waals surface area contributed by atoms with Gasteiger partial charge in [-0.1, -0.05) is 24.3 Å². The highest BCUT2D eigenvalue weighted by molar-refractivity contribution is 7.92. The molecule has 0 aliphatic carbocycles. The van der Waals surface area contributed by atoms with Crippen LogP contribution in [-0.4, -0.2) is 44.7 Å². The van der Waals surface area contributed by atoms with Gasteiger partial charge in [0.25, 0.3) is 0 Å². The first kappa shape index (κ1) is 22.4. The van der Waals surface area contributed by atoms with Crippen molar-refractivity contribution < 1.29 is 12.8 Å². The highest BCUT2D eigenvalue weighted by atomic mass is 32.2. The number of benzene rings is 2. The van der Waals surface area contributed by atoms with E-state index in [9.17, 15) is 8.42 Å². The van der Waals surface area contributed by atoms with Crippen molar-refractivity contribution in [3.8, 4) is 11.5 Å². The van der Waals surface area contributed by atoms with Gasteiger partial charge in [-0.05, 0) is 56.6 Å². The van der Waals surface area contributed by atoms with E-state index >= 15 is 0 Å². The Morgan fingerprint density at radius 3 is 2.44 bits per heavy atom. The van der Waals surface area contributed by atoms with Crippen molar-refractivity contribution in [3.05, 3.63) is 65.5 Å². The molecule has 0 spiro atoms. The van der Waals surface area contributed by atoms with Crippen molar-refractivity contribution in [1.82, 2.24) is 9.88 Å². The number of hydrogen-bond donors (Lipinski definition) is 1. The van der Waals surface area contributed by atoms with Gasteiger partial charge < -0.3 is 9.32 Å². The first-order chi connectivity index (χ1) is 15.3. The zero-order valence-electron chi connectivity index (χ0n) is 18.8. The van der Waals surface area contributed by atoms with Gasteiger partial charge in [0.15, 0.2) is 0 Å². The van der Waals surface area contributed by atoms with Crippen LogP contribution in [0.3, 0.4) is 0 Å². The summed E-state index contributed by atoms with van der Waals surface area (Å²) in [5.74, 6) is 1.14. The molecule has 0 saturated carbocycles. The third kappa shape index (κ3) is 5.49. The maximum atomic E-state index is 11.7. The minimum absolute atomic E-state index is 0.410. The van der Waals surface area contributed by atoms with Crippen LogP contribution in [0.4, 0.5) is 11.4 Å². The fraction of sp³-hybridized carbons (Fsp3) is 0.375. The molecule has 0 bridgehead atoms. The molecule has 4 rings (SSSR count). The summed E-state index contributed by atoms with van der Waals surface area (Å²) in [6.07, 6.45) is 3.68. The summed E-state index contributed by atoms with van der Waals surface area (Å²) >= 11 is 0. The number of oxazole rings is 1. The van der Waals surface area contributed by atoms with E-state index in [2.05, 4.69) is 50.8 Å². The SMILES string of the molecule is Cc1oc(-c2ccccc2NS(C)(=O)=O)nc1CN(C)Cc1ccc(N2CCCC2)cc1. The van der Waals surface area contributed by atoms with E-state index in [1.807, 2.05) is 13.0 Å². The van der Waals surface area contributed by atoms with Crippen molar-refractivity contribution in [2.75, 3.05) is 36.0 Å². The molecule has 1 N–H and O–H groups in total. The molecule has 7 nitrogen and oxygen atoms in total. The van der Waals surface area contributed by atoms with Gasteiger partial charge in [0.2, 0.25) is 15.9 Å². The molecule has 1 saturated heterocycles. The van der Waals surface area contributed by atoms with Gasteiger partial charge in [-0.3, -0.25) is 9.62 Å². The summed E-state index contributed by atoms with van der Waals surface area (Å²) in [5, 5.41) is 0. The summed E-state index contributed by atoms with van der Waals surface area (Å²) in [4.78, 5) is 9.30. The van der Waals surface area contributed by atoms with Gasteiger partial charge in [0.1, 0.15) is 5.76 Å². The molecule has 32 heavy (non-hydrogen) atoms. The fourth-order valence-electron chi connectivity index (χ4n) is 4.06. The lowest BCUT2D eigenvalue weighted by atomic mass is 10.2. The summed E-state index contributed by atoms with van der Waals surface area (Å²) in [6, 6.07) is 15.9. The van der Waals surface area contributed by atoms with Crippen molar-refractivity contribution in [1.29, 1.82) is 0 Å². The Morgan fingerprint density at radius 2 is 1.75 bits per heavy atom. The minimum atomic E-state index is -3.40. The standard InChI is InChI=1S/C24H30N4O3S/c1-18-23(25-24(31-18)21-8-4-5-9-22(21)26-32(3,29)30)17-27(2)16-19-10-12-20(13-11-19)28-14-6-7-15-28/h4-5,8-13,26H,6-7,14-17H2,1-3H3. The number of sulfonamides is 1. The average molecular weight is 455 g/mol. The number of nitrogens with one attached hydrogen (secondary N) is 1. The molecule has 3 aromatic rings. The van der Waals surface area contributed by atoms with Crippen LogP contribution in [0.1, 0.15) is 29.9 Å². The first-order valence-electron chi connectivity index (χ1n) is 10.8. The Balaban J connectivity index is 1.44. The van der Waals surface area contributed by atoms with Crippen LogP contribution in [0.25, 0.3) is 11.5 Å². The predicted octanol–water partition coefficient (Wildman–Crippen LogP) is 4.25. The van der Waals surface area contributed by atoms with Crippen molar-refractivity contribution in [2.45, 2.75) is 32.9 Å². The van der Waals surface area contributed by atoms with Gasteiger partial charge in [0.05, 0.1) is 23.2 Å². The Morgan fingerprint density at radius 1 is 1.06 bits per heavy atom. The molecular formula is C24H30N4O3S. The van der Waals surface area contributed by atoms with Gasteiger partial charge in [0, 0.05) is 31.9 Å². The van der Waals surface area contributed by atoms with E-state index in [-0.39, 0.29) is 0 Å². The summed E-state index contributed by atoms with van der Waals surface area (Å²) in [6.45, 7) is 5.61. The van der Waals surface area contributed by atoms with E-state index in [1.165, 1.54) is 24.1 Å². The molecule has 1 fully saturated rings. The van der Waals surface area contributed by atoms with Gasteiger partial charge >= 0.3 is 0 Å². The zero-order chi connectivity index (χ0) is 22.7. The Bertz CT molecular complexity index is 1170. The molecular weight excluding hydrogens is 424 g/mol. The maximum absolute atomic E-state index is 11.7. The van der Waals surface area contributed by atoms with Crippen LogP contribution in [0.5, 0.6) is 0 Å². The Kier molecular flexibility index (Phi) is 6.53. The van der Waals surface area contributed by atoms with Crippen LogP contribution < -0.4 is 9.62 Å². The largest absolute Gasteiger partial charge is 0.441 e. The number of hydrogen-bond acceptors (Lipinski definition) is 6. The second-order valence-electron chi connectivity index (χ2n) is 8.47. The molecule has 170 valence electrons. The van der Waals surface area contributed by atoms with E-state index < -0.39 is 10.0 Å². The van der Waals surface area contributed by atoms with Crippen LogP contribution in [0.15, 0.2) is 52.9 Å². The minimum Gasteiger partial charge on any atom is -0.441 e. The van der Waals surface area contributed by atoms with E-state index in [4.69, 9.17) is 4.42 Å². The second kappa shape index (κ2) is 9.34. The molecule has 2 aromatic carbocycles. The smallest absolute Gasteiger partial charge is 0.229 e. The molecule has 0 unspecified atom stereocenters. The molecule has 1 aliphatic rings. The zero-order valence-corrected chi connectivity index (χ0v) is 19.7. The van der Waals surface area contributed by atoms with Gasteiger partial charge in [-0.25, -0.2) is 13.4 Å². The highest BCUT2D eigenvalue weighted by Gasteiger charge is 2.17. The third-order valence-electron chi connectivity index (χ3n) is 5.63. The van der Waals surface area contributed by atoms with Crippen LogP contribution in [-0.2, 0) is 23.1 Å². The lowest BCUT2D eigenvalue weighted by molar-refractivity contribution is 0.313. The summed E-state index contributed by atoms with van der Waals surface area (Å²) in [5.41, 5.74) is 4.46. The predicted molar refractivity (Wildman–Crippen MR) is 128 cm³/mol. The fourth-order valence-corrected chi connectivity index (χ4v) is 4.64. The van der Waals surface area contributed by atoms with Crippen LogP contribution >= 0.6 is 0 Å². The molecule has 0 radical (unpaired) electrons. The van der Waals surface area contributed by atoms with Gasteiger partial charge in [-0.2, -0.15) is 0 Å². The average Bonchev–Trinajstić information content (AvgIpc) is 3.38. The Labute approximate surface area is 190 Å². The molecule has 2 heterocycles. The molecule has 1 aliphatic heterocycles. The molecule has 8 heteroatoms. The lowest BCUT2D eigenvalue weighted by Gasteiger charge is -2.19. The van der Waals surface area contributed by atoms with Crippen molar-refractivity contribution in [2.24, 2.45) is 0 Å². The summed E-state index contributed by atoms with van der Waals surface area (Å²) in [7, 11) is -1.35. The number of rotatable bonds is 8. The summed E-state index contributed by atoms with van der Waals surface area (Å²) < 4.78 is 31.8. The third-order valence-corrected chi connectivity index (χ3v) is 6.22. The molecule has 0 amide bonds.